The number of ether oxygens (including phenoxy) is 1. The first-order valence-corrected chi connectivity index (χ1v) is 8.52. The minimum absolute atomic E-state index is 0.188. The number of carbonyl (C=O) groups excluding carboxylic acids is 1. The first kappa shape index (κ1) is 20.0. The van der Waals surface area contributed by atoms with E-state index in [0.717, 1.165) is 0 Å². The molecule has 0 aliphatic rings. The minimum atomic E-state index is -0.477. The Morgan fingerprint density at radius 2 is 1.85 bits per heavy atom. The normalized spacial score (nSPS) is 10.2. The summed E-state index contributed by atoms with van der Waals surface area (Å²) in [6, 6.07) is 9.62. The van der Waals surface area contributed by atoms with Crippen molar-refractivity contribution in [1.29, 1.82) is 0 Å². The van der Waals surface area contributed by atoms with Crippen molar-refractivity contribution in [3.05, 3.63) is 68.2 Å². The van der Waals surface area contributed by atoms with Crippen LogP contribution in [0.1, 0.15) is 16.2 Å². The van der Waals surface area contributed by atoms with Crippen LogP contribution in [0.25, 0.3) is 10.9 Å². The Morgan fingerprint density at radius 1 is 1.19 bits per heavy atom. The van der Waals surface area contributed by atoms with Gasteiger partial charge in [0, 0.05) is 15.7 Å². The molecule has 136 valence electrons. The number of nitrogen functional groups attached to an aromatic ring is 1. The molecule has 0 aliphatic carbocycles. The summed E-state index contributed by atoms with van der Waals surface area (Å²) in [5, 5.41) is 1.46. The lowest BCUT2D eigenvalue weighted by Gasteiger charge is -2.02. The topological polar surface area (TPSA) is 98.1 Å². The summed E-state index contributed by atoms with van der Waals surface area (Å²) in [6.45, 7) is 0. The highest BCUT2D eigenvalue weighted by molar-refractivity contribution is 6.31. The summed E-state index contributed by atoms with van der Waals surface area (Å²) >= 11 is 17.0. The average Bonchev–Trinajstić information content (AvgIpc) is 2.64. The number of nitrogens with zero attached hydrogens (tertiary/aromatic N) is 1. The number of esters is 1. The van der Waals surface area contributed by atoms with E-state index in [0.29, 0.717) is 38.0 Å². The summed E-state index contributed by atoms with van der Waals surface area (Å²) < 4.78 is 4.49. The van der Waals surface area contributed by atoms with Gasteiger partial charge in [-0.3, -0.25) is 4.79 Å². The number of anilines is 1. The van der Waals surface area contributed by atoms with E-state index in [-0.39, 0.29) is 11.4 Å². The molecule has 26 heavy (non-hydrogen) atoms. The smallest absolute Gasteiger partial charge is 0.340 e. The van der Waals surface area contributed by atoms with Crippen LogP contribution in [0.3, 0.4) is 0 Å². The number of H-pyrrole nitrogens is 1. The summed E-state index contributed by atoms with van der Waals surface area (Å²) in [4.78, 5) is 29.2. The molecule has 1 aromatic heterocycles. The molecule has 0 fully saturated rings. The number of hydrogen-bond donors (Lipinski definition) is 2. The lowest BCUT2D eigenvalue weighted by atomic mass is 10.2. The molecule has 3 N–H and O–H groups in total. The number of halogens is 3. The maximum absolute atomic E-state index is 11.5. The van der Waals surface area contributed by atoms with Crippen LogP contribution in [0.2, 0.25) is 10.0 Å². The van der Waals surface area contributed by atoms with Crippen LogP contribution < -0.4 is 11.3 Å². The maximum Gasteiger partial charge on any atom is 0.340 e. The molecule has 2 aromatic carbocycles. The van der Waals surface area contributed by atoms with Crippen LogP contribution in [0, 0.1) is 0 Å². The van der Waals surface area contributed by atoms with Crippen molar-refractivity contribution in [2.45, 2.75) is 5.88 Å². The molecule has 1 heterocycles. The third kappa shape index (κ3) is 4.88. The second-order valence-corrected chi connectivity index (χ2v) is 6.17. The highest BCUT2D eigenvalue weighted by Crippen LogP contribution is 2.18. The van der Waals surface area contributed by atoms with E-state index < -0.39 is 5.97 Å². The molecule has 9 heteroatoms. The van der Waals surface area contributed by atoms with Gasteiger partial charge >= 0.3 is 5.97 Å². The fourth-order valence-electron chi connectivity index (χ4n) is 2.04. The van der Waals surface area contributed by atoms with Crippen LogP contribution in [0.4, 0.5) is 5.69 Å². The van der Waals surface area contributed by atoms with Crippen LogP contribution >= 0.6 is 34.8 Å². The molecular weight excluding hydrogens is 401 g/mol. The van der Waals surface area contributed by atoms with Gasteiger partial charge in [-0.15, -0.1) is 11.6 Å². The fraction of sp³-hybridized carbons (Fsp3) is 0.118. The summed E-state index contributed by atoms with van der Waals surface area (Å²) in [6.07, 6.45) is 0. The largest absolute Gasteiger partial charge is 0.465 e. The second kappa shape index (κ2) is 8.89. The molecule has 0 aliphatic heterocycles. The number of rotatable bonds is 2. The maximum atomic E-state index is 11.5. The molecule has 0 spiro atoms. The van der Waals surface area contributed by atoms with Gasteiger partial charge < -0.3 is 15.5 Å². The lowest BCUT2D eigenvalue weighted by molar-refractivity contribution is 0.0602. The lowest BCUT2D eigenvalue weighted by Crippen LogP contribution is -2.10. The van der Waals surface area contributed by atoms with Crippen molar-refractivity contribution < 1.29 is 9.53 Å². The molecule has 3 aromatic rings. The van der Waals surface area contributed by atoms with E-state index in [9.17, 15) is 9.59 Å². The highest BCUT2D eigenvalue weighted by Gasteiger charge is 2.09. The van der Waals surface area contributed by atoms with Crippen LogP contribution in [-0.4, -0.2) is 23.0 Å². The standard InChI is InChI=1S/C9H6Cl2N2O.C8H8ClNO2/c10-4-8-12-7-2-1-5(11)3-6(7)9(14)13-8;1-12-8(11)6-4-5(9)2-3-7(6)10/h1-3H,4H2,(H,12,13,14);2-4H,10H2,1H3. The van der Waals surface area contributed by atoms with E-state index in [1.54, 1.807) is 30.3 Å². The van der Waals surface area contributed by atoms with Crippen LogP contribution in [0.15, 0.2) is 41.2 Å². The third-order valence-electron chi connectivity index (χ3n) is 3.26. The number of alkyl halides is 1. The molecule has 0 atom stereocenters. The predicted molar refractivity (Wildman–Crippen MR) is 104 cm³/mol. The van der Waals surface area contributed by atoms with Crippen LogP contribution in [-0.2, 0) is 10.6 Å². The number of fused-ring (bicyclic) bond motifs is 1. The van der Waals surface area contributed by atoms with Crippen molar-refractivity contribution in [1.82, 2.24) is 9.97 Å². The Hall–Kier alpha value is -2.28. The predicted octanol–water partition coefficient (Wildman–Crippen LogP) is 4.02. The van der Waals surface area contributed by atoms with Gasteiger partial charge in [-0.1, -0.05) is 23.2 Å². The number of benzene rings is 2. The number of aromatic amines is 1. The third-order valence-corrected chi connectivity index (χ3v) is 3.99. The van der Waals surface area contributed by atoms with Gasteiger partial charge in [-0.05, 0) is 36.4 Å². The van der Waals surface area contributed by atoms with Gasteiger partial charge in [0.1, 0.15) is 5.82 Å². The van der Waals surface area contributed by atoms with E-state index in [1.165, 1.54) is 13.2 Å². The molecule has 0 unspecified atom stereocenters. The Balaban J connectivity index is 0.000000190. The number of nitrogens with two attached hydrogens (primary N) is 1. The van der Waals surface area contributed by atoms with Crippen LogP contribution in [0.5, 0.6) is 0 Å². The van der Waals surface area contributed by atoms with Gasteiger partial charge in [0.15, 0.2) is 0 Å². The summed E-state index contributed by atoms with van der Waals surface area (Å²) in [5.74, 6) is 0.176. The van der Waals surface area contributed by atoms with Gasteiger partial charge in [0.2, 0.25) is 0 Å². The Morgan fingerprint density at radius 3 is 2.50 bits per heavy atom. The van der Waals surface area contributed by atoms with E-state index >= 15 is 0 Å². The van der Waals surface area contributed by atoms with Crippen molar-refractivity contribution in [3.63, 3.8) is 0 Å². The Kier molecular flexibility index (Phi) is 6.85. The first-order chi connectivity index (χ1) is 12.3. The molecule has 0 bridgehead atoms. The fourth-order valence-corrected chi connectivity index (χ4v) is 2.51. The number of nitrogens with one attached hydrogen (secondary N) is 1. The zero-order chi connectivity index (χ0) is 19.3. The molecule has 0 saturated carbocycles. The molecular formula is C17H14Cl3N3O3. The summed E-state index contributed by atoms with van der Waals surface area (Å²) in [5.41, 5.74) is 6.56. The monoisotopic (exact) mass is 413 g/mol. The molecule has 0 radical (unpaired) electrons. The number of hydrogen-bond acceptors (Lipinski definition) is 5. The van der Waals surface area contributed by atoms with Crippen molar-refractivity contribution in [3.8, 4) is 0 Å². The SMILES string of the molecule is COC(=O)c1cc(Cl)ccc1N.O=c1[nH]c(CCl)nc2ccc(Cl)cc12. The number of carbonyl (C=O) groups is 1. The van der Waals surface area contributed by atoms with Gasteiger partial charge in [0.25, 0.3) is 5.56 Å². The Labute approximate surface area is 163 Å². The first-order valence-electron chi connectivity index (χ1n) is 7.23. The molecule has 0 saturated heterocycles. The van der Waals surface area contributed by atoms with E-state index in [4.69, 9.17) is 40.5 Å². The molecule has 0 amide bonds. The molecule has 3 rings (SSSR count). The van der Waals surface area contributed by atoms with E-state index in [2.05, 4.69) is 14.7 Å². The zero-order valence-electron chi connectivity index (χ0n) is 13.6. The van der Waals surface area contributed by atoms with Gasteiger partial charge in [-0.25, -0.2) is 9.78 Å². The van der Waals surface area contributed by atoms with E-state index in [1.807, 2.05) is 0 Å². The highest BCUT2D eigenvalue weighted by atomic mass is 35.5. The second-order valence-electron chi connectivity index (χ2n) is 5.03. The number of aromatic nitrogens is 2. The van der Waals surface area contributed by atoms with Crippen molar-refractivity contribution in [2.75, 3.05) is 12.8 Å². The quantitative estimate of drug-likeness (QED) is 0.375. The number of methoxy groups -OCH3 is 1. The zero-order valence-corrected chi connectivity index (χ0v) is 15.8. The Bertz CT molecular complexity index is 1010. The van der Waals surface area contributed by atoms with Crippen molar-refractivity contribution >= 4 is 57.4 Å². The average molecular weight is 415 g/mol. The summed E-state index contributed by atoms with van der Waals surface area (Å²) in [7, 11) is 1.29. The minimum Gasteiger partial charge on any atom is -0.465 e. The molecule has 6 nitrogen and oxygen atoms in total. The van der Waals surface area contributed by atoms with Gasteiger partial charge in [0.05, 0.1) is 29.5 Å². The van der Waals surface area contributed by atoms with Gasteiger partial charge in [-0.2, -0.15) is 0 Å². The van der Waals surface area contributed by atoms with Crippen molar-refractivity contribution in [2.24, 2.45) is 0 Å².